The summed E-state index contributed by atoms with van der Waals surface area (Å²) in [6.07, 6.45) is 8.56. The summed E-state index contributed by atoms with van der Waals surface area (Å²) in [5.41, 5.74) is 0. The van der Waals surface area contributed by atoms with Crippen molar-refractivity contribution in [2.75, 3.05) is 0 Å². The van der Waals surface area contributed by atoms with Gasteiger partial charge in [-0.2, -0.15) is 0 Å². The molecule has 0 spiro atoms. The summed E-state index contributed by atoms with van der Waals surface area (Å²) in [4.78, 5) is 22.2. The molecule has 3 heteroatoms. The van der Waals surface area contributed by atoms with E-state index in [9.17, 15) is 9.59 Å². The van der Waals surface area contributed by atoms with E-state index in [-0.39, 0.29) is 5.92 Å². The highest BCUT2D eigenvalue weighted by Gasteiger charge is 2.23. The van der Waals surface area contributed by atoms with Gasteiger partial charge < -0.3 is 5.11 Å². The van der Waals surface area contributed by atoms with E-state index in [1.54, 1.807) is 0 Å². The molecule has 0 aliphatic heterocycles. The van der Waals surface area contributed by atoms with Crippen molar-refractivity contribution in [2.45, 2.75) is 64.7 Å². The summed E-state index contributed by atoms with van der Waals surface area (Å²) < 4.78 is 0. The largest absolute Gasteiger partial charge is 0.481 e. The third kappa shape index (κ3) is 4.88. The lowest BCUT2D eigenvalue weighted by Gasteiger charge is -2.10. The predicted molar refractivity (Wildman–Crippen MR) is 66.8 cm³/mol. The Morgan fingerprint density at radius 1 is 1.41 bits per heavy atom. The van der Waals surface area contributed by atoms with Gasteiger partial charge >= 0.3 is 5.97 Å². The number of unbranched alkanes of at least 4 members (excludes halogenated alkanes) is 2. The Labute approximate surface area is 104 Å². The average molecular weight is 240 g/mol. The molecule has 2 unspecified atom stereocenters. The Hall–Kier alpha value is -0.860. The Morgan fingerprint density at radius 2 is 2.18 bits per heavy atom. The molecule has 0 aromatic heterocycles. The van der Waals surface area contributed by atoms with Crippen molar-refractivity contribution in [1.82, 2.24) is 0 Å². The molecule has 98 valence electrons. The molecule has 0 amide bonds. The van der Waals surface area contributed by atoms with Crippen LogP contribution in [0, 0.1) is 11.8 Å². The van der Waals surface area contributed by atoms with Crippen LogP contribution in [0.5, 0.6) is 0 Å². The van der Waals surface area contributed by atoms with E-state index in [1.165, 1.54) is 0 Å². The molecule has 0 aromatic carbocycles. The summed E-state index contributed by atoms with van der Waals surface area (Å²) in [5.74, 6) is -0.0833. The normalized spacial score (nSPS) is 21.7. The topological polar surface area (TPSA) is 54.4 Å². The summed E-state index contributed by atoms with van der Waals surface area (Å²) in [6.45, 7) is 1.93. The van der Waals surface area contributed by atoms with E-state index in [0.29, 0.717) is 11.7 Å². The Morgan fingerprint density at radius 3 is 2.71 bits per heavy atom. The van der Waals surface area contributed by atoms with Crippen LogP contribution in [0.4, 0.5) is 0 Å². The van der Waals surface area contributed by atoms with Crippen LogP contribution < -0.4 is 0 Å². The number of carboxylic acid groups (broad SMARTS) is 1. The zero-order valence-corrected chi connectivity index (χ0v) is 10.8. The van der Waals surface area contributed by atoms with E-state index in [2.05, 4.69) is 0 Å². The predicted octanol–water partition coefficient (Wildman–Crippen LogP) is 3.42. The number of Topliss-reactive ketones (excluding diaryl/α,β-unsaturated/α-hetero) is 1. The molecule has 0 bridgehead atoms. The number of carboxylic acids is 1. The fourth-order valence-electron chi connectivity index (χ4n) is 2.65. The maximum atomic E-state index is 11.4. The van der Waals surface area contributed by atoms with Gasteiger partial charge in [0, 0.05) is 12.3 Å². The van der Waals surface area contributed by atoms with Gasteiger partial charge in [-0.1, -0.05) is 26.2 Å². The van der Waals surface area contributed by atoms with Crippen LogP contribution in [0.25, 0.3) is 0 Å². The fourth-order valence-corrected chi connectivity index (χ4v) is 2.65. The van der Waals surface area contributed by atoms with Crippen LogP contribution in [0.3, 0.4) is 0 Å². The molecule has 0 saturated heterocycles. The molecular formula is C14H24O3. The van der Waals surface area contributed by atoms with E-state index >= 15 is 0 Å². The van der Waals surface area contributed by atoms with Gasteiger partial charge in [0.05, 0.1) is 5.92 Å². The minimum Gasteiger partial charge on any atom is -0.481 e. The molecule has 3 nitrogen and oxygen atoms in total. The van der Waals surface area contributed by atoms with E-state index in [0.717, 1.165) is 57.8 Å². The molecule has 0 radical (unpaired) electrons. The first-order valence-corrected chi connectivity index (χ1v) is 6.90. The third-order valence-electron chi connectivity index (χ3n) is 3.88. The number of carbonyl (C=O) groups is 2. The minimum atomic E-state index is -0.668. The summed E-state index contributed by atoms with van der Waals surface area (Å²) in [7, 11) is 0. The van der Waals surface area contributed by atoms with Gasteiger partial charge in [0.1, 0.15) is 5.78 Å². The number of carbonyl (C=O) groups excluding carboxylic acids is 1. The van der Waals surface area contributed by atoms with Gasteiger partial charge in [0.25, 0.3) is 0 Å². The van der Waals surface area contributed by atoms with Gasteiger partial charge in [-0.25, -0.2) is 0 Å². The van der Waals surface area contributed by atoms with Crippen LogP contribution in [-0.2, 0) is 9.59 Å². The zero-order chi connectivity index (χ0) is 12.7. The molecule has 1 N–H and O–H groups in total. The Kier molecular flexibility index (Phi) is 6.23. The first-order chi connectivity index (χ1) is 8.15. The van der Waals surface area contributed by atoms with Crippen molar-refractivity contribution in [3.05, 3.63) is 0 Å². The lowest BCUT2D eigenvalue weighted by atomic mass is 9.95. The van der Waals surface area contributed by atoms with Crippen molar-refractivity contribution >= 4 is 11.8 Å². The second-order valence-electron chi connectivity index (χ2n) is 5.14. The summed E-state index contributed by atoms with van der Waals surface area (Å²) in [5, 5.41) is 8.89. The van der Waals surface area contributed by atoms with Gasteiger partial charge in [0.15, 0.2) is 0 Å². The highest BCUT2D eigenvalue weighted by Crippen LogP contribution is 2.26. The highest BCUT2D eigenvalue weighted by molar-refractivity contribution is 5.82. The van der Waals surface area contributed by atoms with Crippen LogP contribution in [0.15, 0.2) is 0 Å². The van der Waals surface area contributed by atoms with Crippen LogP contribution in [0.2, 0.25) is 0 Å². The lowest BCUT2D eigenvalue weighted by molar-refractivity contribution is -0.142. The number of ketones is 1. The second-order valence-corrected chi connectivity index (χ2v) is 5.14. The molecule has 1 aliphatic carbocycles. The molecular weight excluding hydrogens is 216 g/mol. The number of hydrogen-bond donors (Lipinski definition) is 1. The lowest BCUT2D eigenvalue weighted by Crippen LogP contribution is -2.12. The monoisotopic (exact) mass is 240 g/mol. The SMILES string of the molecule is CCC(CCCCCC1CCCC1=O)C(=O)O. The molecule has 2 atom stereocenters. The first kappa shape index (κ1) is 14.2. The second kappa shape index (κ2) is 7.46. The van der Waals surface area contributed by atoms with Crippen LogP contribution in [0.1, 0.15) is 64.7 Å². The first-order valence-electron chi connectivity index (χ1n) is 6.90. The maximum absolute atomic E-state index is 11.4. The van der Waals surface area contributed by atoms with E-state index in [1.807, 2.05) is 6.92 Å². The zero-order valence-electron chi connectivity index (χ0n) is 10.8. The summed E-state index contributed by atoms with van der Waals surface area (Å²) in [6, 6.07) is 0. The maximum Gasteiger partial charge on any atom is 0.306 e. The smallest absolute Gasteiger partial charge is 0.306 e. The Bertz CT molecular complexity index is 256. The standard InChI is InChI=1S/C14H24O3/c1-2-11(14(16)17)7-4-3-5-8-12-9-6-10-13(12)15/h11-12H,2-10H2,1H3,(H,16,17). The molecule has 1 aliphatic rings. The van der Waals surface area contributed by atoms with Crippen LogP contribution in [-0.4, -0.2) is 16.9 Å². The van der Waals surface area contributed by atoms with Crippen molar-refractivity contribution in [2.24, 2.45) is 11.8 Å². The molecule has 17 heavy (non-hydrogen) atoms. The molecule has 0 aromatic rings. The molecule has 1 fully saturated rings. The fraction of sp³-hybridized carbons (Fsp3) is 0.857. The van der Waals surface area contributed by atoms with Gasteiger partial charge in [-0.15, -0.1) is 0 Å². The van der Waals surface area contributed by atoms with Crippen LogP contribution >= 0.6 is 0 Å². The van der Waals surface area contributed by atoms with Gasteiger partial charge in [-0.3, -0.25) is 9.59 Å². The summed E-state index contributed by atoms with van der Waals surface area (Å²) >= 11 is 0. The molecule has 1 saturated carbocycles. The van der Waals surface area contributed by atoms with E-state index < -0.39 is 5.97 Å². The Balaban J connectivity index is 2.04. The van der Waals surface area contributed by atoms with E-state index in [4.69, 9.17) is 5.11 Å². The highest BCUT2D eigenvalue weighted by atomic mass is 16.4. The molecule has 0 heterocycles. The van der Waals surface area contributed by atoms with Gasteiger partial charge in [-0.05, 0) is 32.1 Å². The van der Waals surface area contributed by atoms with Crippen molar-refractivity contribution in [1.29, 1.82) is 0 Å². The minimum absolute atomic E-state index is 0.178. The number of hydrogen-bond acceptors (Lipinski definition) is 2. The van der Waals surface area contributed by atoms with Crippen molar-refractivity contribution in [3.63, 3.8) is 0 Å². The van der Waals surface area contributed by atoms with Gasteiger partial charge in [0.2, 0.25) is 0 Å². The third-order valence-corrected chi connectivity index (χ3v) is 3.88. The van der Waals surface area contributed by atoms with Crippen molar-refractivity contribution < 1.29 is 14.7 Å². The van der Waals surface area contributed by atoms with Crippen molar-refractivity contribution in [3.8, 4) is 0 Å². The number of rotatable bonds is 8. The molecule has 1 rings (SSSR count). The quantitative estimate of drug-likeness (QED) is 0.661. The average Bonchev–Trinajstić information content (AvgIpc) is 2.69. The number of aliphatic carboxylic acids is 1.